The first-order valence-electron chi connectivity index (χ1n) is 11.7. The Bertz CT molecular complexity index is 1220. The highest BCUT2D eigenvalue weighted by molar-refractivity contribution is 6.07. The number of hydrogen-bond donors (Lipinski definition) is 4. The zero-order valence-electron chi connectivity index (χ0n) is 20.3. The normalized spacial score (nSPS) is 14.2. The first-order valence-corrected chi connectivity index (χ1v) is 11.7. The second-order valence-electron chi connectivity index (χ2n) is 8.36. The molecule has 0 unspecified atom stereocenters. The number of anilines is 3. The van der Waals surface area contributed by atoms with Gasteiger partial charge in [-0.2, -0.15) is 0 Å². The molecule has 2 amide bonds. The minimum Gasteiger partial charge on any atom is -0.382 e. The van der Waals surface area contributed by atoms with Crippen molar-refractivity contribution in [3.05, 3.63) is 60.2 Å². The summed E-state index contributed by atoms with van der Waals surface area (Å²) < 4.78 is 5.43. The minimum absolute atomic E-state index is 0.0293. The molecule has 1 fully saturated rings. The molecule has 0 bridgehead atoms. The molecule has 1 aliphatic rings. The number of pyridine rings is 1. The van der Waals surface area contributed by atoms with Crippen LogP contribution < -0.4 is 26.5 Å². The van der Waals surface area contributed by atoms with Crippen molar-refractivity contribution in [2.45, 2.75) is 19.5 Å². The van der Waals surface area contributed by atoms with Crippen molar-refractivity contribution in [2.75, 3.05) is 42.3 Å². The molecule has 1 aromatic carbocycles. The van der Waals surface area contributed by atoms with Gasteiger partial charge in [0.15, 0.2) is 19.5 Å². The third-order valence-electron chi connectivity index (χ3n) is 5.96. The molecule has 3 aromatic rings. The van der Waals surface area contributed by atoms with Crippen molar-refractivity contribution in [1.82, 2.24) is 25.5 Å². The molecule has 0 radical (unpaired) electrons. The molecule has 186 valence electrons. The monoisotopic (exact) mass is 488 g/mol. The topological polar surface area (TPSA) is 147 Å². The maximum Gasteiger partial charge on any atom is 0.278 e. The fourth-order valence-electron chi connectivity index (χ4n) is 3.72. The van der Waals surface area contributed by atoms with Gasteiger partial charge in [0.1, 0.15) is 0 Å². The van der Waals surface area contributed by atoms with Gasteiger partial charge in [0, 0.05) is 31.4 Å². The predicted molar refractivity (Wildman–Crippen MR) is 140 cm³/mol. The predicted octanol–water partition coefficient (Wildman–Crippen LogP) is 0.352. The number of nitrogens with zero attached hydrogens (tertiary/aromatic N) is 4. The Kier molecular flexibility index (Phi) is 8.08. The number of nitrogens with two attached hydrogens (primary N) is 1. The van der Waals surface area contributed by atoms with Crippen LogP contribution in [0.25, 0.3) is 11.3 Å². The van der Waals surface area contributed by atoms with E-state index in [0.717, 1.165) is 29.9 Å². The highest BCUT2D eigenvalue weighted by Gasteiger charge is 2.20. The molecule has 1 saturated heterocycles. The van der Waals surface area contributed by atoms with Crippen molar-refractivity contribution >= 4 is 37.0 Å². The van der Waals surface area contributed by atoms with Crippen LogP contribution in [0.4, 0.5) is 17.2 Å². The number of carbonyl (C=O) groups excluding carboxylic acids is 2. The molecule has 5 N–H and O–H groups in total. The summed E-state index contributed by atoms with van der Waals surface area (Å²) in [5.74, 6) is -0.514. The van der Waals surface area contributed by atoms with Crippen LogP contribution in [0, 0.1) is 0 Å². The van der Waals surface area contributed by atoms with E-state index in [4.69, 9.17) is 10.5 Å². The largest absolute Gasteiger partial charge is 0.382 e. The Labute approximate surface area is 210 Å². The van der Waals surface area contributed by atoms with Crippen molar-refractivity contribution in [2.24, 2.45) is 0 Å². The van der Waals surface area contributed by atoms with E-state index in [9.17, 15) is 9.59 Å². The Morgan fingerprint density at radius 3 is 2.64 bits per heavy atom. The average Bonchev–Trinajstić information content (AvgIpc) is 2.92. The van der Waals surface area contributed by atoms with Gasteiger partial charge in [0.2, 0.25) is 5.91 Å². The van der Waals surface area contributed by atoms with E-state index in [1.807, 2.05) is 30.3 Å². The lowest BCUT2D eigenvalue weighted by atomic mass is 10.1. The lowest BCUT2D eigenvalue weighted by molar-refractivity contribution is -0.122. The molecule has 12 heteroatoms. The van der Waals surface area contributed by atoms with E-state index in [0.29, 0.717) is 31.1 Å². The maximum absolute atomic E-state index is 13.1. The Balaban J connectivity index is 1.48. The van der Waals surface area contributed by atoms with Crippen LogP contribution in [0.5, 0.6) is 0 Å². The fraction of sp³-hybridized carbons (Fsp3) is 0.292. The molecule has 1 atom stereocenters. The van der Waals surface area contributed by atoms with Gasteiger partial charge >= 0.3 is 0 Å². The van der Waals surface area contributed by atoms with Crippen molar-refractivity contribution < 1.29 is 14.3 Å². The number of aromatic nitrogens is 3. The van der Waals surface area contributed by atoms with E-state index in [1.165, 1.54) is 6.20 Å². The lowest BCUT2D eigenvalue weighted by Gasteiger charge is -2.30. The molecule has 0 spiro atoms. The molecule has 0 saturated carbocycles. The molecule has 36 heavy (non-hydrogen) atoms. The van der Waals surface area contributed by atoms with Gasteiger partial charge in [0.05, 0.1) is 48.7 Å². The second-order valence-corrected chi connectivity index (χ2v) is 8.36. The van der Waals surface area contributed by atoms with E-state index in [2.05, 4.69) is 35.7 Å². The van der Waals surface area contributed by atoms with Crippen LogP contribution >= 0.6 is 0 Å². The van der Waals surface area contributed by atoms with Crippen molar-refractivity contribution in [1.29, 1.82) is 0 Å². The Morgan fingerprint density at radius 1 is 1.17 bits per heavy atom. The van der Waals surface area contributed by atoms with Crippen LogP contribution in [-0.2, 0) is 16.1 Å². The van der Waals surface area contributed by atoms with Gasteiger partial charge in [-0.3, -0.25) is 14.6 Å². The number of carbonyl (C=O) groups is 2. The van der Waals surface area contributed by atoms with Crippen LogP contribution in [-0.4, -0.2) is 67.1 Å². The maximum atomic E-state index is 13.1. The standard InChI is InChI=1S/C24H29BN8O3/c1-15(32-25)23(34)29-12-16-2-4-17(5-3-16)18-14-28-22(26)21(30-18)24(35)31-19-13-27-7-6-20(19)33-8-10-36-11-9-33/h2-7,13-15,32H,8-12,25H2,1H3,(H2,26,28)(H,29,34)(H,31,35)/t15-/m0/s1. The number of benzene rings is 1. The third kappa shape index (κ3) is 5.96. The molecule has 1 aliphatic heterocycles. The summed E-state index contributed by atoms with van der Waals surface area (Å²) in [6.07, 6.45) is 4.82. The number of amides is 2. The van der Waals surface area contributed by atoms with E-state index < -0.39 is 5.91 Å². The number of hydrogen-bond acceptors (Lipinski definition) is 9. The molecule has 0 aliphatic carbocycles. The van der Waals surface area contributed by atoms with E-state index >= 15 is 0 Å². The highest BCUT2D eigenvalue weighted by Crippen LogP contribution is 2.26. The summed E-state index contributed by atoms with van der Waals surface area (Å²) in [7, 11) is 1.74. The van der Waals surface area contributed by atoms with Gasteiger partial charge in [-0.1, -0.05) is 24.3 Å². The van der Waals surface area contributed by atoms with Crippen molar-refractivity contribution in [3.8, 4) is 11.3 Å². The van der Waals surface area contributed by atoms with Crippen LogP contribution in [0.1, 0.15) is 23.0 Å². The molecule has 4 rings (SSSR count). The summed E-state index contributed by atoms with van der Waals surface area (Å²) in [4.78, 5) is 40.0. The first kappa shape index (κ1) is 25.1. The SMILES string of the molecule is BN[C@@H](C)C(=O)NCc1ccc(-c2cnc(N)c(C(=O)Nc3cnccc3N3CCOCC3)n2)cc1. The number of nitrogens with one attached hydrogen (secondary N) is 3. The summed E-state index contributed by atoms with van der Waals surface area (Å²) >= 11 is 0. The third-order valence-corrected chi connectivity index (χ3v) is 5.96. The zero-order valence-corrected chi connectivity index (χ0v) is 20.3. The van der Waals surface area contributed by atoms with Gasteiger partial charge in [-0.05, 0) is 18.6 Å². The molecule has 11 nitrogen and oxygen atoms in total. The number of rotatable bonds is 8. The number of morpholine rings is 1. The highest BCUT2D eigenvalue weighted by atomic mass is 16.5. The summed E-state index contributed by atoms with van der Waals surface area (Å²) in [6, 6.07) is 9.10. The number of ether oxygens (including phenoxy) is 1. The van der Waals surface area contributed by atoms with Crippen LogP contribution in [0.3, 0.4) is 0 Å². The molecular formula is C24H29BN8O3. The van der Waals surface area contributed by atoms with E-state index in [-0.39, 0.29) is 23.5 Å². The Hall–Kier alpha value is -4.03. The smallest absolute Gasteiger partial charge is 0.278 e. The molecule has 3 heterocycles. The van der Waals surface area contributed by atoms with Crippen LogP contribution in [0.15, 0.2) is 48.9 Å². The lowest BCUT2D eigenvalue weighted by Crippen LogP contribution is -2.40. The minimum atomic E-state index is -0.470. The second kappa shape index (κ2) is 11.6. The summed E-state index contributed by atoms with van der Waals surface area (Å²) in [5, 5.41) is 8.66. The van der Waals surface area contributed by atoms with Gasteiger partial charge < -0.3 is 31.2 Å². The molecule has 2 aromatic heterocycles. The zero-order chi connectivity index (χ0) is 25.5. The van der Waals surface area contributed by atoms with Gasteiger partial charge in [0.25, 0.3) is 5.91 Å². The van der Waals surface area contributed by atoms with E-state index in [1.54, 1.807) is 27.3 Å². The Morgan fingerprint density at radius 2 is 1.92 bits per heavy atom. The first-order chi connectivity index (χ1) is 17.5. The number of nitrogen functional groups attached to an aromatic ring is 1. The molecular weight excluding hydrogens is 459 g/mol. The van der Waals surface area contributed by atoms with Crippen LogP contribution in [0.2, 0.25) is 0 Å². The summed E-state index contributed by atoms with van der Waals surface area (Å²) in [5.41, 5.74) is 9.67. The van der Waals surface area contributed by atoms with Gasteiger partial charge in [-0.15, -0.1) is 0 Å². The quantitative estimate of drug-likeness (QED) is 0.330. The fourth-order valence-corrected chi connectivity index (χ4v) is 3.72. The summed E-state index contributed by atoms with van der Waals surface area (Å²) in [6.45, 7) is 4.89. The van der Waals surface area contributed by atoms with Gasteiger partial charge in [-0.25, -0.2) is 9.97 Å². The van der Waals surface area contributed by atoms with Crippen molar-refractivity contribution in [3.63, 3.8) is 0 Å². The average molecular weight is 488 g/mol.